The van der Waals surface area contributed by atoms with Crippen molar-refractivity contribution in [3.05, 3.63) is 0 Å². The van der Waals surface area contributed by atoms with Crippen molar-refractivity contribution < 1.29 is 4.39 Å². The fourth-order valence-corrected chi connectivity index (χ4v) is 1.61. The van der Waals surface area contributed by atoms with Crippen molar-refractivity contribution in [2.24, 2.45) is 11.7 Å². The van der Waals surface area contributed by atoms with Crippen LogP contribution >= 0.6 is 0 Å². The second kappa shape index (κ2) is 4.02. The van der Waals surface area contributed by atoms with Crippen LogP contribution in [-0.4, -0.2) is 37.3 Å². The average molecular weight is 160 g/mol. The van der Waals surface area contributed by atoms with Crippen molar-refractivity contribution in [2.75, 3.05) is 26.3 Å². The zero-order chi connectivity index (χ0) is 8.27. The molecule has 1 fully saturated rings. The number of rotatable bonds is 3. The number of nitrogens with two attached hydrogens (primary N) is 1. The number of alkyl halides is 1. The van der Waals surface area contributed by atoms with Crippen LogP contribution in [0.2, 0.25) is 0 Å². The van der Waals surface area contributed by atoms with Crippen molar-refractivity contribution in [3.63, 3.8) is 0 Å². The highest BCUT2D eigenvalue weighted by atomic mass is 19.1. The number of halogens is 1. The highest BCUT2D eigenvalue weighted by Gasteiger charge is 2.24. The molecule has 1 aliphatic heterocycles. The molecular weight excluding hydrogens is 143 g/mol. The molecule has 0 bridgehead atoms. The Kier molecular flexibility index (Phi) is 3.27. The van der Waals surface area contributed by atoms with Crippen LogP contribution in [0.15, 0.2) is 0 Å². The molecule has 1 rings (SSSR count). The van der Waals surface area contributed by atoms with Crippen molar-refractivity contribution in [1.82, 2.24) is 4.90 Å². The molecule has 2 N–H and O–H groups in total. The first-order valence-corrected chi connectivity index (χ1v) is 4.28. The third kappa shape index (κ3) is 2.42. The summed E-state index contributed by atoms with van der Waals surface area (Å²) in [6, 6.07) is 0.264. The van der Waals surface area contributed by atoms with Crippen LogP contribution in [0.5, 0.6) is 0 Å². The topological polar surface area (TPSA) is 29.3 Å². The molecule has 1 aliphatic rings. The third-order valence-corrected chi connectivity index (χ3v) is 2.45. The van der Waals surface area contributed by atoms with Gasteiger partial charge < -0.3 is 10.6 Å². The SMILES string of the molecule is CC(N)C1CCN(CCF)C1. The summed E-state index contributed by atoms with van der Waals surface area (Å²) in [4.78, 5) is 2.15. The lowest BCUT2D eigenvalue weighted by molar-refractivity contribution is 0.282. The Bertz CT molecular complexity index is 117. The number of hydrogen-bond donors (Lipinski definition) is 1. The van der Waals surface area contributed by atoms with Gasteiger partial charge in [0, 0.05) is 19.1 Å². The summed E-state index contributed by atoms with van der Waals surface area (Å²) in [6.45, 7) is 4.40. The van der Waals surface area contributed by atoms with Gasteiger partial charge in [-0.15, -0.1) is 0 Å². The highest BCUT2D eigenvalue weighted by molar-refractivity contribution is 4.80. The molecule has 0 spiro atoms. The van der Waals surface area contributed by atoms with Gasteiger partial charge in [0.15, 0.2) is 0 Å². The minimum Gasteiger partial charge on any atom is -0.328 e. The number of hydrogen-bond acceptors (Lipinski definition) is 2. The Labute approximate surface area is 67.6 Å². The zero-order valence-electron chi connectivity index (χ0n) is 7.09. The van der Waals surface area contributed by atoms with Crippen LogP contribution in [-0.2, 0) is 0 Å². The molecule has 1 saturated heterocycles. The molecular formula is C8H17FN2. The molecule has 11 heavy (non-hydrogen) atoms. The molecule has 0 aromatic carbocycles. The van der Waals surface area contributed by atoms with Crippen molar-refractivity contribution >= 4 is 0 Å². The van der Waals surface area contributed by atoms with Crippen LogP contribution in [0.4, 0.5) is 4.39 Å². The van der Waals surface area contributed by atoms with E-state index in [2.05, 4.69) is 4.90 Å². The van der Waals surface area contributed by atoms with Crippen LogP contribution in [0.1, 0.15) is 13.3 Å². The van der Waals surface area contributed by atoms with Crippen molar-refractivity contribution in [1.29, 1.82) is 0 Å². The highest BCUT2D eigenvalue weighted by Crippen LogP contribution is 2.17. The van der Waals surface area contributed by atoms with Gasteiger partial charge in [-0.1, -0.05) is 0 Å². The summed E-state index contributed by atoms with van der Waals surface area (Å²) >= 11 is 0. The molecule has 2 atom stereocenters. The predicted molar refractivity (Wildman–Crippen MR) is 44.2 cm³/mol. The summed E-state index contributed by atoms with van der Waals surface area (Å²) in [5, 5.41) is 0. The molecule has 2 unspecified atom stereocenters. The van der Waals surface area contributed by atoms with Gasteiger partial charge in [-0.3, -0.25) is 0 Å². The smallest absolute Gasteiger partial charge is 0.102 e. The summed E-state index contributed by atoms with van der Waals surface area (Å²) in [7, 11) is 0. The molecule has 0 saturated carbocycles. The van der Waals surface area contributed by atoms with Gasteiger partial charge >= 0.3 is 0 Å². The lowest BCUT2D eigenvalue weighted by atomic mass is 10.0. The van der Waals surface area contributed by atoms with Gasteiger partial charge in [0.2, 0.25) is 0 Å². The Morgan fingerprint density at radius 3 is 2.91 bits per heavy atom. The number of nitrogens with zero attached hydrogens (tertiary/aromatic N) is 1. The van der Waals surface area contributed by atoms with Crippen LogP contribution < -0.4 is 5.73 Å². The van der Waals surface area contributed by atoms with Gasteiger partial charge in [-0.2, -0.15) is 0 Å². The maximum atomic E-state index is 11.9. The standard InChI is InChI=1S/C8H17FN2/c1-7(10)8-2-4-11(6-8)5-3-9/h7-8H,2-6,10H2,1H3. The lowest BCUT2D eigenvalue weighted by Crippen LogP contribution is -2.30. The Balaban J connectivity index is 2.23. The van der Waals surface area contributed by atoms with E-state index in [-0.39, 0.29) is 12.7 Å². The van der Waals surface area contributed by atoms with Crippen LogP contribution in [0.3, 0.4) is 0 Å². The molecule has 1 heterocycles. The van der Waals surface area contributed by atoms with E-state index in [4.69, 9.17) is 5.73 Å². The molecule has 3 heteroatoms. The fraction of sp³-hybridized carbons (Fsp3) is 1.00. The molecule has 0 aromatic heterocycles. The van der Waals surface area contributed by atoms with Crippen molar-refractivity contribution in [3.8, 4) is 0 Å². The minimum absolute atomic E-state index is 0.230. The molecule has 2 nitrogen and oxygen atoms in total. The molecule has 0 aromatic rings. The Hall–Kier alpha value is -0.150. The Morgan fingerprint density at radius 2 is 2.45 bits per heavy atom. The molecule has 66 valence electrons. The van der Waals surface area contributed by atoms with E-state index >= 15 is 0 Å². The van der Waals surface area contributed by atoms with Gasteiger partial charge in [0.1, 0.15) is 6.67 Å². The summed E-state index contributed by atoms with van der Waals surface area (Å²) < 4.78 is 11.9. The fourth-order valence-electron chi connectivity index (χ4n) is 1.61. The van der Waals surface area contributed by atoms with Crippen LogP contribution in [0, 0.1) is 5.92 Å². The number of likely N-dealkylation sites (tertiary alicyclic amines) is 1. The van der Waals surface area contributed by atoms with Gasteiger partial charge in [0.05, 0.1) is 0 Å². The summed E-state index contributed by atoms with van der Waals surface area (Å²) in [5.74, 6) is 0.585. The second-order valence-electron chi connectivity index (χ2n) is 3.40. The van der Waals surface area contributed by atoms with Gasteiger partial charge in [-0.05, 0) is 25.8 Å². The second-order valence-corrected chi connectivity index (χ2v) is 3.40. The predicted octanol–water partition coefficient (Wildman–Crippen LogP) is 0.625. The Morgan fingerprint density at radius 1 is 1.73 bits per heavy atom. The van der Waals surface area contributed by atoms with E-state index < -0.39 is 0 Å². The van der Waals surface area contributed by atoms with E-state index in [9.17, 15) is 4.39 Å². The maximum Gasteiger partial charge on any atom is 0.102 e. The average Bonchev–Trinajstić information content (AvgIpc) is 2.37. The summed E-state index contributed by atoms with van der Waals surface area (Å²) in [5.41, 5.74) is 5.74. The van der Waals surface area contributed by atoms with Crippen LogP contribution in [0.25, 0.3) is 0 Å². The zero-order valence-corrected chi connectivity index (χ0v) is 7.09. The first-order valence-electron chi connectivity index (χ1n) is 4.28. The maximum absolute atomic E-state index is 11.9. The van der Waals surface area contributed by atoms with E-state index in [0.717, 1.165) is 19.5 Å². The molecule has 0 amide bonds. The lowest BCUT2D eigenvalue weighted by Gasteiger charge is -2.15. The van der Waals surface area contributed by atoms with Gasteiger partial charge in [-0.25, -0.2) is 4.39 Å². The quantitative estimate of drug-likeness (QED) is 0.656. The largest absolute Gasteiger partial charge is 0.328 e. The van der Waals surface area contributed by atoms with Gasteiger partial charge in [0.25, 0.3) is 0 Å². The van der Waals surface area contributed by atoms with E-state index in [1.54, 1.807) is 0 Å². The minimum atomic E-state index is -0.230. The third-order valence-electron chi connectivity index (χ3n) is 2.45. The monoisotopic (exact) mass is 160 g/mol. The van der Waals surface area contributed by atoms with Crippen molar-refractivity contribution in [2.45, 2.75) is 19.4 Å². The molecule has 0 radical (unpaired) electrons. The molecule has 0 aliphatic carbocycles. The van der Waals surface area contributed by atoms with E-state index in [1.807, 2.05) is 6.92 Å². The van der Waals surface area contributed by atoms with E-state index in [1.165, 1.54) is 0 Å². The summed E-state index contributed by atoms with van der Waals surface area (Å²) in [6.07, 6.45) is 1.14. The first-order chi connectivity index (χ1) is 5.24. The first kappa shape index (κ1) is 8.94. The normalized spacial score (nSPS) is 29.2. The van der Waals surface area contributed by atoms with E-state index in [0.29, 0.717) is 12.5 Å².